The fourth-order valence-corrected chi connectivity index (χ4v) is 3.82. The van der Waals surface area contributed by atoms with E-state index in [1.54, 1.807) is 0 Å². The summed E-state index contributed by atoms with van der Waals surface area (Å²) in [6.45, 7) is 6.07. The molecule has 0 spiro atoms. The molecule has 0 unspecified atom stereocenters. The van der Waals surface area contributed by atoms with E-state index in [2.05, 4.69) is 64.4 Å². The molecule has 0 radical (unpaired) electrons. The summed E-state index contributed by atoms with van der Waals surface area (Å²) < 4.78 is 5.79. The Morgan fingerprint density at radius 1 is 0.710 bits per heavy atom. The SMILES string of the molecule is Cl.Cl.Clc1ccc(OCCc2ccc(CN3CCN(c4ccccc4)CC3)cc2)cc1. The van der Waals surface area contributed by atoms with Gasteiger partial charge >= 0.3 is 0 Å². The highest BCUT2D eigenvalue weighted by Gasteiger charge is 2.17. The smallest absolute Gasteiger partial charge is 0.119 e. The van der Waals surface area contributed by atoms with Gasteiger partial charge in [0.1, 0.15) is 5.75 Å². The fraction of sp³-hybridized carbons (Fsp3) is 0.280. The Hall–Kier alpha value is -1.91. The molecule has 0 bridgehead atoms. The monoisotopic (exact) mass is 478 g/mol. The summed E-state index contributed by atoms with van der Waals surface area (Å²) in [5.41, 5.74) is 4.01. The van der Waals surface area contributed by atoms with Gasteiger partial charge in [-0.05, 0) is 47.5 Å². The van der Waals surface area contributed by atoms with Crippen LogP contribution in [0.4, 0.5) is 5.69 Å². The van der Waals surface area contributed by atoms with Crippen LogP contribution in [0.2, 0.25) is 5.02 Å². The van der Waals surface area contributed by atoms with E-state index in [-0.39, 0.29) is 24.8 Å². The second-order valence-corrected chi connectivity index (χ2v) is 7.90. The lowest BCUT2D eigenvalue weighted by molar-refractivity contribution is 0.250. The third-order valence-corrected chi connectivity index (χ3v) is 5.65. The van der Waals surface area contributed by atoms with Crippen molar-refractivity contribution < 1.29 is 4.74 Å². The van der Waals surface area contributed by atoms with Crippen molar-refractivity contribution in [3.05, 3.63) is 95.0 Å². The number of para-hydroxylation sites is 1. The maximum Gasteiger partial charge on any atom is 0.119 e. The first-order valence-electron chi connectivity index (χ1n) is 10.2. The molecule has 166 valence electrons. The van der Waals surface area contributed by atoms with Crippen molar-refractivity contribution in [2.45, 2.75) is 13.0 Å². The molecule has 3 aromatic rings. The van der Waals surface area contributed by atoms with Gasteiger partial charge in [-0.15, -0.1) is 24.8 Å². The first-order chi connectivity index (χ1) is 14.3. The maximum atomic E-state index is 5.90. The Kier molecular flexibility index (Phi) is 10.5. The van der Waals surface area contributed by atoms with Crippen molar-refractivity contribution in [3.63, 3.8) is 0 Å². The summed E-state index contributed by atoms with van der Waals surface area (Å²) in [4.78, 5) is 5.01. The van der Waals surface area contributed by atoms with Gasteiger partial charge in [-0.25, -0.2) is 0 Å². The molecule has 0 aliphatic carbocycles. The first kappa shape index (κ1) is 25.4. The van der Waals surface area contributed by atoms with Crippen molar-refractivity contribution in [2.75, 3.05) is 37.7 Å². The number of halogens is 3. The van der Waals surface area contributed by atoms with Gasteiger partial charge in [0.25, 0.3) is 0 Å². The van der Waals surface area contributed by atoms with Crippen LogP contribution in [-0.2, 0) is 13.0 Å². The van der Waals surface area contributed by atoms with Crippen LogP contribution in [0.3, 0.4) is 0 Å². The molecular formula is C25H29Cl3N2O. The van der Waals surface area contributed by atoms with Gasteiger partial charge in [-0.3, -0.25) is 4.90 Å². The molecule has 6 heteroatoms. The van der Waals surface area contributed by atoms with Crippen LogP contribution in [0.5, 0.6) is 5.75 Å². The third kappa shape index (κ3) is 7.62. The van der Waals surface area contributed by atoms with Crippen LogP contribution in [0.1, 0.15) is 11.1 Å². The van der Waals surface area contributed by atoms with E-state index < -0.39 is 0 Å². The molecular weight excluding hydrogens is 451 g/mol. The summed E-state index contributed by atoms with van der Waals surface area (Å²) in [7, 11) is 0. The van der Waals surface area contributed by atoms with E-state index in [0.29, 0.717) is 6.61 Å². The van der Waals surface area contributed by atoms with Gasteiger partial charge in [-0.2, -0.15) is 0 Å². The van der Waals surface area contributed by atoms with Crippen LogP contribution >= 0.6 is 36.4 Å². The third-order valence-electron chi connectivity index (χ3n) is 5.40. The number of hydrogen-bond donors (Lipinski definition) is 0. The largest absolute Gasteiger partial charge is 0.493 e. The molecule has 1 aliphatic rings. The molecule has 3 nitrogen and oxygen atoms in total. The second-order valence-electron chi connectivity index (χ2n) is 7.47. The van der Waals surface area contributed by atoms with Crippen LogP contribution < -0.4 is 9.64 Å². The van der Waals surface area contributed by atoms with Crippen LogP contribution in [0.15, 0.2) is 78.9 Å². The predicted molar refractivity (Wildman–Crippen MR) is 136 cm³/mol. The highest BCUT2D eigenvalue weighted by molar-refractivity contribution is 6.30. The van der Waals surface area contributed by atoms with Crippen molar-refractivity contribution in [1.29, 1.82) is 0 Å². The molecule has 4 rings (SSSR count). The highest BCUT2D eigenvalue weighted by Crippen LogP contribution is 2.18. The quantitative estimate of drug-likeness (QED) is 0.405. The molecule has 1 saturated heterocycles. The van der Waals surface area contributed by atoms with E-state index in [1.807, 2.05) is 24.3 Å². The molecule has 1 aliphatic heterocycles. The van der Waals surface area contributed by atoms with E-state index in [0.717, 1.165) is 49.9 Å². The topological polar surface area (TPSA) is 15.7 Å². The Balaban J connectivity index is 0.00000171. The predicted octanol–water partition coefficient (Wildman–Crippen LogP) is 6.13. The zero-order valence-electron chi connectivity index (χ0n) is 17.5. The van der Waals surface area contributed by atoms with Crippen molar-refractivity contribution >= 4 is 42.1 Å². The molecule has 3 aromatic carbocycles. The summed E-state index contributed by atoms with van der Waals surface area (Å²) >= 11 is 5.90. The molecule has 1 fully saturated rings. The van der Waals surface area contributed by atoms with Gasteiger partial charge in [-0.1, -0.05) is 54.1 Å². The number of ether oxygens (including phenoxy) is 1. The fourth-order valence-electron chi connectivity index (χ4n) is 3.69. The molecule has 0 atom stereocenters. The second kappa shape index (κ2) is 12.8. The van der Waals surface area contributed by atoms with Crippen LogP contribution in [-0.4, -0.2) is 37.7 Å². The average molecular weight is 480 g/mol. The van der Waals surface area contributed by atoms with E-state index in [4.69, 9.17) is 16.3 Å². The lowest BCUT2D eigenvalue weighted by Crippen LogP contribution is -2.45. The Morgan fingerprint density at radius 2 is 1.32 bits per heavy atom. The molecule has 1 heterocycles. The molecule has 0 saturated carbocycles. The molecule has 0 N–H and O–H groups in total. The van der Waals surface area contributed by atoms with E-state index >= 15 is 0 Å². The Bertz CT molecular complexity index is 881. The van der Waals surface area contributed by atoms with Gasteiger partial charge in [0, 0.05) is 49.9 Å². The number of hydrogen-bond acceptors (Lipinski definition) is 3. The summed E-state index contributed by atoms with van der Waals surface area (Å²) in [6.07, 6.45) is 0.901. The number of piperazine rings is 1. The lowest BCUT2D eigenvalue weighted by atomic mass is 10.1. The number of benzene rings is 3. The van der Waals surface area contributed by atoms with Crippen molar-refractivity contribution in [1.82, 2.24) is 4.90 Å². The minimum Gasteiger partial charge on any atom is -0.493 e. The normalized spacial score (nSPS) is 13.8. The number of nitrogens with zero attached hydrogens (tertiary/aromatic N) is 2. The average Bonchev–Trinajstić information content (AvgIpc) is 2.77. The molecule has 31 heavy (non-hydrogen) atoms. The molecule has 0 amide bonds. The standard InChI is InChI=1S/C25H27ClN2O.2ClH/c26-23-10-12-25(13-11-23)29-19-14-21-6-8-22(9-7-21)20-27-15-17-28(18-16-27)24-4-2-1-3-5-24;;/h1-13H,14-20H2;2*1H. The Labute approximate surface area is 202 Å². The summed E-state index contributed by atoms with van der Waals surface area (Å²) in [5.74, 6) is 0.862. The van der Waals surface area contributed by atoms with Crippen LogP contribution in [0, 0.1) is 0 Å². The Morgan fingerprint density at radius 3 is 1.97 bits per heavy atom. The summed E-state index contributed by atoms with van der Waals surface area (Å²) in [6, 6.07) is 27.2. The van der Waals surface area contributed by atoms with Crippen LogP contribution in [0.25, 0.3) is 0 Å². The minimum absolute atomic E-state index is 0. The minimum atomic E-state index is 0. The van der Waals surface area contributed by atoms with Gasteiger partial charge in [0.15, 0.2) is 0 Å². The zero-order valence-corrected chi connectivity index (χ0v) is 19.8. The lowest BCUT2D eigenvalue weighted by Gasteiger charge is -2.36. The van der Waals surface area contributed by atoms with Gasteiger partial charge in [0.2, 0.25) is 0 Å². The number of anilines is 1. The number of rotatable bonds is 7. The van der Waals surface area contributed by atoms with Crippen molar-refractivity contribution in [2.24, 2.45) is 0 Å². The zero-order chi connectivity index (χ0) is 19.9. The van der Waals surface area contributed by atoms with E-state index in [9.17, 15) is 0 Å². The van der Waals surface area contributed by atoms with Crippen molar-refractivity contribution in [3.8, 4) is 5.75 Å². The first-order valence-corrected chi connectivity index (χ1v) is 10.6. The highest BCUT2D eigenvalue weighted by atomic mass is 35.5. The molecule has 0 aromatic heterocycles. The van der Waals surface area contributed by atoms with E-state index in [1.165, 1.54) is 16.8 Å². The summed E-state index contributed by atoms with van der Waals surface area (Å²) in [5, 5.41) is 0.731. The van der Waals surface area contributed by atoms with Gasteiger partial charge < -0.3 is 9.64 Å². The maximum absolute atomic E-state index is 5.90. The van der Waals surface area contributed by atoms with Gasteiger partial charge in [0.05, 0.1) is 6.61 Å².